The maximum Gasteiger partial charge on any atom is 0.239 e. The molecular weight excluding hydrogens is 334 g/mol. The molecular formula is C16H18ClN3O4. The molecule has 0 unspecified atom stereocenters. The largest absolute Gasteiger partial charge is 0.495 e. The molecule has 0 radical (unpaired) electrons. The minimum absolute atomic E-state index is 0.0456. The molecule has 0 aromatic heterocycles. The van der Waals surface area contributed by atoms with E-state index in [9.17, 15) is 14.4 Å². The molecule has 2 aliphatic rings. The molecule has 7 nitrogen and oxygen atoms in total. The van der Waals surface area contributed by atoms with Gasteiger partial charge in [0.2, 0.25) is 17.7 Å². The van der Waals surface area contributed by atoms with Crippen molar-refractivity contribution < 1.29 is 19.1 Å². The number of ether oxygens (including phenoxy) is 1. The second-order valence-electron chi connectivity index (χ2n) is 5.83. The van der Waals surface area contributed by atoms with Crippen LogP contribution in [-0.4, -0.2) is 55.9 Å². The van der Waals surface area contributed by atoms with Gasteiger partial charge in [0.25, 0.3) is 0 Å². The van der Waals surface area contributed by atoms with Crippen LogP contribution in [0.5, 0.6) is 5.75 Å². The van der Waals surface area contributed by atoms with Gasteiger partial charge < -0.3 is 19.9 Å². The smallest absolute Gasteiger partial charge is 0.239 e. The third-order valence-electron chi connectivity index (χ3n) is 4.26. The van der Waals surface area contributed by atoms with E-state index >= 15 is 0 Å². The summed E-state index contributed by atoms with van der Waals surface area (Å²) in [6.45, 7) is 1.21. The molecule has 24 heavy (non-hydrogen) atoms. The van der Waals surface area contributed by atoms with Crippen molar-refractivity contribution >= 4 is 35.0 Å². The second-order valence-corrected chi connectivity index (χ2v) is 6.27. The molecule has 2 saturated heterocycles. The van der Waals surface area contributed by atoms with Gasteiger partial charge in [-0.2, -0.15) is 0 Å². The average molecular weight is 352 g/mol. The Morgan fingerprint density at radius 1 is 1.38 bits per heavy atom. The summed E-state index contributed by atoms with van der Waals surface area (Å²) in [5.74, 6) is -0.436. The van der Waals surface area contributed by atoms with Gasteiger partial charge in [0.15, 0.2) is 0 Å². The number of hydrogen-bond acceptors (Lipinski definition) is 4. The van der Waals surface area contributed by atoms with Gasteiger partial charge in [-0.05, 0) is 18.2 Å². The Labute approximate surface area is 144 Å². The Bertz CT molecular complexity index is 694. The molecule has 8 heteroatoms. The molecule has 0 aliphatic carbocycles. The summed E-state index contributed by atoms with van der Waals surface area (Å²) >= 11 is 6.02. The van der Waals surface area contributed by atoms with E-state index in [0.29, 0.717) is 29.5 Å². The van der Waals surface area contributed by atoms with Gasteiger partial charge in [0.1, 0.15) is 5.75 Å². The van der Waals surface area contributed by atoms with Gasteiger partial charge in [-0.25, -0.2) is 0 Å². The number of nitrogens with one attached hydrogen (secondary N) is 1. The van der Waals surface area contributed by atoms with E-state index in [4.69, 9.17) is 16.3 Å². The summed E-state index contributed by atoms with van der Waals surface area (Å²) in [5.41, 5.74) is 0.557. The highest BCUT2D eigenvalue weighted by atomic mass is 35.5. The van der Waals surface area contributed by atoms with Crippen LogP contribution in [0.25, 0.3) is 0 Å². The number of halogens is 1. The van der Waals surface area contributed by atoms with E-state index in [0.717, 1.165) is 0 Å². The standard InChI is InChI=1S/C16H18ClN3O4/c1-24-13-3-2-11(17)7-12(13)20-8-10(6-15(20)22)16(23)19-5-4-18-14(21)9-19/h2-3,7,10H,4-6,8-9H2,1H3,(H,18,21)/t10-/m1/s1. The lowest BCUT2D eigenvalue weighted by atomic mass is 10.1. The minimum Gasteiger partial charge on any atom is -0.495 e. The van der Waals surface area contributed by atoms with Crippen LogP contribution >= 0.6 is 11.6 Å². The Balaban J connectivity index is 1.77. The topological polar surface area (TPSA) is 79.0 Å². The van der Waals surface area contributed by atoms with Gasteiger partial charge in [-0.3, -0.25) is 14.4 Å². The predicted octanol–water partition coefficient (Wildman–Crippen LogP) is 0.660. The van der Waals surface area contributed by atoms with Crippen LogP contribution in [0, 0.1) is 5.92 Å². The molecule has 2 heterocycles. The number of carbonyl (C=O) groups is 3. The summed E-state index contributed by atoms with van der Waals surface area (Å²) in [6.07, 6.45) is 0.118. The number of carbonyl (C=O) groups excluding carboxylic acids is 3. The SMILES string of the molecule is COc1ccc(Cl)cc1N1C[C@H](C(=O)N2CCNC(=O)C2)CC1=O. The number of rotatable bonds is 3. The lowest BCUT2D eigenvalue weighted by Gasteiger charge is -2.28. The Hall–Kier alpha value is -2.28. The van der Waals surface area contributed by atoms with Crippen LogP contribution in [0.3, 0.4) is 0 Å². The van der Waals surface area contributed by atoms with Crippen molar-refractivity contribution in [2.24, 2.45) is 5.92 Å². The minimum atomic E-state index is -0.466. The van der Waals surface area contributed by atoms with E-state index in [1.807, 2.05) is 0 Å². The van der Waals surface area contributed by atoms with E-state index in [1.165, 1.54) is 16.9 Å². The van der Waals surface area contributed by atoms with Crippen molar-refractivity contribution in [2.45, 2.75) is 6.42 Å². The number of amides is 3. The molecule has 128 valence electrons. The molecule has 1 aromatic rings. The molecule has 2 fully saturated rings. The second kappa shape index (κ2) is 6.68. The van der Waals surface area contributed by atoms with Crippen LogP contribution < -0.4 is 15.0 Å². The van der Waals surface area contributed by atoms with Crippen LogP contribution in [0.15, 0.2) is 18.2 Å². The van der Waals surface area contributed by atoms with Gasteiger partial charge in [0.05, 0.1) is 25.3 Å². The van der Waals surface area contributed by atoms with Crippen molar-refractivity contribution in [3.8, 4) is 5.75 Å². The first kappa shape index (κ1) is 16.6. The van der Waals surface area contributed by atoms with E-state index in [2.05, 4.69) is 5.32 Å². The molecule has 0 spiro atoms. The van der Waals surface area contributed by atoms with Gasteiger partial charge in [-0.1, -0.05) is 11.6 Å². The van der Waals surface area contributed by atoms with E-state index in [1.54, 1.807) is 18.2 Å². The summed E-state index contributed by atoms with van der Waals surface area (Å²) < 4.78 is 5.29. The van der Waals surface area contributed by atoms with Crippen LogP contribution in [-0.2, 0) is 14.4 Å². The van der Waals surface area contributed by atoms with Gasteiger partial charge in [-0.15, -0.1) is 0 Å². The maximum atomic E-state index is 12.6. The van der Waals surface area contributed by atoms with Crippen molar-refractivity contribution in [2.75, 3.05) is 38.2 Å². The molecule has 0 bridgehead atoms. The highest BCUT2D eigenvalue weighted by Crippen LogP contribution is 2.35. The number of hydrogen-bond donors (Lipinski definition) is 1. The molecule has 3 amide bonds. The average Bonchev–Trinajstić information content (AvgIpc) is 2.95. The Morgan fingerprint density at radius 2 is 2.17 bits per heavy atom. The fourth-order valence-corrected chi connectivity index (χ4v) is 3.23. The molecule has 2 aliphatic heterocycles. The van der Waals surface area contributed by atoms with E-state index < -0.39 is 5.92 Å². The highest BCUT2D eigenvalue weighted by molar-refractivity contribution is 6.31. The lowest BCUT2D eigenvalue weighted by Crippen LogP contribution is -2.51. The zero-order chi connectivity index (χ0) is 17.3. The van der Waals surface area contributed by atoms with Crippen molar-refractivity contribution in [3.05, 3.63) is 23.2 Å². The van der Waals surface area contributed by atoms with Crippen LogP contribution in [0.4, 0.5) is 5.69 Å². The highest BCUT2D eigenvalue weighted by Gasteiger charge is 2.39. The number of piperazine rings is 1. The molecule has 1 aromatic carbocycles. The predicted molar refractivity (Wildman–Crippen MR) is 88.1 cm³/mol. The van der Waals surface area contributed by atoms with Crippen LogP contribution in [0.1, 0.15) is 6.42 Å². The number of anilines is 1. The Morgan fingerprint density at radius 3 is 2.88 bits per heavy atom. The third-order valence-corrected chi connectivity index (χ3v) is 4.49. The molecule has 1 N–H and O–H groups in total. The number of methoxy groups -OCH3 is 1. The number of nitrogens with zero attached hydrogens (tertiary/aromatic N) is 2. The first-order valence-corrected chi connectivity index (χ1v) is 8.07. The van der Waals surface area contributed by atoms with Crippen molar-refractivity contribution in [1.82, 2.24) is 10.2 Å². The van der Waals surface area contributed by atoms with Crippen molar-refractivity contribution in [1.29, 1.82) is 0 Å². The maximum absolute atomic E-state index is 12.6. The quantitative estimate of drug-likeness (QED) is 0.867. The first-order chi connectivity index (χ1) is 11.5. The monoisotopic (exact) mass is 351 g/mol. The summed E-state index contributed by atoms with van der Waals surface area (Å²) in [7, 11) is 1.52. The first-order valence-electron chi connectivity index (χ1n) is 7.69. The zero-order valence-electron chi connectivity index (χ0n) is 13.3. The van der Waals surface area contributed by atoms with Crippen molar-refractivity contribution in [3.63, 3.8) is 0 Å². The molecule has 1 atom stereocenters. The summed E-state index contributed by atoms with van der Waals surface area (Å²) in [5, 5.41) is 3.17. The Kier molecular flexibility index (Phi) is 4.62. The van der Waals surface area contributed by atoms with E-state index in [-0.39, 0.29) is 37.2 Å². The summed E-state index contributed by atoms with van der Waals surface area (Å²) in [6, 6.07) is 5.02. The zero-order valence-corrected chi connectivity index (χ0v) is 14.0. The fraction of sp³-hybridized carbons (Fsp3) is 0.438. The summed E-state index contributed by atoms with van der Waals surface area (Å²) in [4.78, 5) is 39.5. The van der Waals surface area contributed by atoms with Crippen LogP contribution in [0.2, 0.25) is 5.02 Å². The number of benzene rings is 1. The fourth-order valence-electron chi connectivity index (χ4n) is 3.06. The van der Waals surface area contributed by atoms with Gasteiger partial charge >= 0.3 is 0 Å². The third kappa shape index (κ3) is 3.17. The lowest BCUT2D eigenvalue weighted by molar-refractivity contribution is -0.141. The molecule has 0 saturated carbocycles. The normalized spacial score (nSPS) is 21.0. The van der Waals surface area contributed by atoms with Gasteiger partial charge in [0, 0.05) is 31.1 Å². The molecule has 3 rings (SSSR count).